The fourth-order valence-electron chi connectivity index (χ4n) is 3.13. The van der Waals surface area contributed by atoms with Gasteiger partial charge in [-0.05, 0) is 18.4 Å². The Bertz CT molecular complexity index is 903. The van der Waals surface area contributed by atoms with Crippen molar-refractivity contribution in [2.75, 3.05) is 18.5 Å². The molecule has 12 heteroatoms. The lowest BCUT2D eigenvalue weighted by atomic mass is 10.0. The molecule has 0 unspecified atom stereocenters. The number of non-ortho nitro benzene ring substituents is 1. The van der Waals surface area contributed by atoms with Crippen LogP contribution in [0.25, 0.3) is 0 Å². The van der Waals surface area contributed by atoms with E-state index in [1.165, 1.54) is 6.08 Å². The molecule has 2 rings (SSSR count). The number of thiol groups is 1. The molecule has 1 aliphatic rings. The van der Waals surface area contributed by atoms with E-state index in [1.807, 2.05) is 0 Å². The Morgan fingerprint density at radius 3 is 2.67 bits per heavy atom. The first kappa shape index (κ1) is 22.9. The third kappa shape index (κ3) is 5.56. The second-order valence-electron chi connectivity index (χ2n) is 6.51. The lowest BCUT2D eigenvalue weighted by molar-refractivity contribution is -0.384. The molecule has 1 aliphatic heterocycles. The Kier molecular flexibility index (Phi) is 7.53. The SMILES string of the molecule is C=CCOC(=O)N1C[C@H](CC(=O)S)C[C@H]1C(=O)Nc1ccc([N+](=O)[O-])cc1C(=O)O. The van der Waals surface area contributed by atoms with Gasteiger partial charge in [-0.3, -0.25) is 24.6 Å². The minimum Gasteiger partial charge on any atom is -0.478 e. The van der Waals surface area contributed by atoms with E-state index in [1.54, 1.807) is 0 Å². The van der Waals surface area contributed by atoms with E-state index in [4.69, 9.17) is 4.74 Å². The van der Waals surface area contributed by atoms with E-state index < -0.39 is 45.3 Å². The summed E-state index contributed by atoms with van der Waals surface area (Å²) < 4.78 is 4.98. The molecule has 30 heavy (non-hydrogen) atoms. The maximum Gasteiger partial charge on any atom is 0.410 e. The van der Waals surface area contributed by atoms with Crippen molar-refractivity contribution < 1.29 is 33.9 Å². The monoisotopic (exact) mass is 437 g/mol. The van der Waals surface area contributed by atoms with Crippen LogP contribution >= 0.6 is 12.6 Å². The number of anilines is 1. The van der Waals surface area contributed by atoms with Crippen LogP contribution in [-0.2, 0) is 14.3 Å². The second-order valence-corrected chi connectivity index (χ2v) is 7.01. The lowest BCUT2D eigenvalue weighted by Crippen LogP contribution is -2.43. The van der Waals surface area contributed by atoms with Gasteiger partial charge in [0.05, 0.1) is 16.2 Å². The Morgan fingerprint density at radius 1 is 1.40 bits per heavy atom. The van der Waals surface area contributed by atoms with E-state index in [-0.39, 0.29) is 37.6 Å². The predicted molar refractivity (Wildman–Crippen MR) is 107 cm³/mol. The molecule has 0 radical (unpaired) electrons. The third-order valence-corrected chi connectivity index (χ3v) is 4.60. The number of nitrogens with zero attached hydrogens (tertiary/aromatic N) is 2. The molecule has 0 bridgehead atoms. The lowest BCUT2D eigenvalue weighted by Gasteiger charge is -2.23. The first-order valence-corrected chi connectivity index (χ1v) is 9.17. The van der Waals surface area contributed by atoms with Crippen LogP contribution in [0.1, 0.15) is 23.2 Å². The van der Waals surface area contributed by atoms with Crippen LogP contribution in [0.2, 0.25) is 0 Å². The van der Waals surface area contributed by atoms with Crippen LogP contribution in [0.4, 0.5) is 16.2 Å². The summed E-state index contributed by atoms with van der Waals surface area (Å²) in [5.74, 6) is -2.52. The number of nitro benzene ring substituents is 1. The number of carboxylic acids is 1. The molecule has 2 N–H and O–H groups in total. The van der Waals surface area contributed by atoms with Crippen molar-refractivity contribution in [1.82, 2.24) is 4.90 Å². The molecule has 2 amide bonds. The number of benzene rings is 1. The van der Waals surface area contributed by atoms with Gasteiger partial charge in [-0.2, -0.15) is 0 Å². The molecule has 1 fully saturated rings. The van der Waals surface area contributed by atoms with Gasteiger partial charge in [-0.15, -0.1) is 12.6 Å². The Morgan fingerprint density at radius 2 is 2.10 bits per heavy atom. The number of aromatic carboxylic acids is 1. The molecule has 1 heterocycles. The van der Waals surface area contributed by atoms with Crippen LogP contribution in [0, 0.1) is 16.0 Å². The largest absolute Gasteiger partial charge is 0.478 e. The van der Waals surface area contributed by atoms with Crippen LogP contribution in [0.15, 0.2) is 30.9 Å². The van der Waals surface area contributed by atoms with Gasteiger partial charge < -0.3 is 15.2 Å². The molecule has 0 aromatic heterocycles. The fourth-order valence-corrected chi connectivity index (χ4v) is 3.39. The van der Waals surface area contributed by atoms with Crippen molar-refractivity contribution in [3.63, 3.8) is 0 Å². The molecule has 1 aromatic carbocycles. The number of carbonyl (C=O) groups excluding carboxylic acids is 3. The number of nitro groups is 1. The van der Waals surface area contributed by atoms with Crippen molar-refractivity contribution in [3.8, 4) is 0 Å². The van der Waals surface area contributed by atoms with Crippen molar-refractivity contribution in [1.29, 1.82) is 0 Å². The highest BCUT2D eigenvalue weighted by Crippen LogP contribution is 2.29. The van der Waals surface area contributed by atoms with Crippen molar-refractivity contribution in [2.45, 2.75) is 18.9 Å². The van der Waals surface area contributed by atoms with E-state index in [0.29, 0.717) is 0 Å². The average Bonchev–Trinajstić information content (AvgIpc) is 3.09. The smallest absolute Gasteiger partial charge is 0.410 e. The first-order valence-electron chi connectivity index (χ1n) is 8.72. The topological polar surface area (TPSA) is 156 Å². The van der Waals surface area contributed by atoms with E-state index >= 15 is 0 Å². The summed E-state index contributed by atoms with van der Waals surface area (Å²) in [5.41, 5.74) is -1.09. The number of nitrogens with one attached hydrogen (secondary N) is 1. The van der Waals surface area contributed by atoms with Gasteiger partial charge >= 0.3 is 12.1 Å². The minimum absolute atomic E-state index is 0.0377. The van der Waals surface area contributed by atoms with Gasteiger partial charge in [-0.25, -0.2) is 9.59 Å². The minimum atomic E-state index is -1.47. The zero-order chi connectivity index (χ0) is 22.4. The number of carbonyl (C=O) groups is 4. The van der Waals surface area contributed by atoms with Gasteiger partial charge in [0.15, 0.2) is 5.12 Å². The Hall–Kier alpha value is -3.41. The number of likely N-dealkylation sites (tertiary alicyclic amines) is 1. The van der Waals surface area contributed by atoms with E-state index in [2.05, 4.69) is 24.5 Å². The summed E-state index contributed by atoms with van der Waals surface area (Å²) in [7, 11) is 0. The normalized spacial score (nSPS) is 17.8. The van der Waals surface area contributed by atoms with E-state index in [9.17, 15) is 34.4 Å². The van der Waals surface area contributed by atoms with Crippen LogP contribution in [-0.4, -0.2) is 57.2 Å². The van der Waals surface area contributed by atoms with E-state index in [0.717, 1.165) is 23.1 Å². The molecule has 0 saturated carbocycles. The highest BCUT2D eigenvalue weighted by molar-refractivity contribution is 7.96. The summed E-state index contributed by atoms with van der Waals surface area (Å²) in [6.45, 7) is 3.43. The summed E-state index contributed by atoms with van der Waals surface area (Å²) in [4.78, 5) is 59.1. The molecule has 1 saturated heterocycles. The average molecular weight is 437 g/mol. The highest BCUT2D eigenvalue weighted by Gasteiger charge is 2.41. The summed E-state index contributed by atoms with van der Waals surface area (Å²) in [6.07, 6.45) is 0.742. The zero-order valence-electron chi connectivity index (χ0n) is 15.6. The zero-order valence-corrected chi connectivity index (χ0v) is 16.5. The Balaban J connectivity index is 2.26. The highest BCUT2D eigenvalue weighted by atomic mass is 32.1. The Labute approximate surface area is 176 Å². The third-order valence-electron chi connectivity index (χ3n) is 4.42. The molecule has 160 valence electrons. The van der Waals surface area contributed by atoms with Crippen molar-refractivity contribution >= 4 is 47.1 Å². The van der Waals surface area contributed by atoms with Crippen LogP contribution < -0.4 is 5.32 Å². The molecular formula is C18H19N3O8S. The molecule has 2 atom stereocenters. The summed E-state index contributed by atoms with van der Waals surface area (Å²) in [5, 5.41) is 22.2. The molecule has 1 aromatic rings. The number of ether oxygens (including phenoxy) is 1. The van der Waals surface area contributed by atoms with Crippen molar-refractivity contribution in [2.24, 2.45) is 5.92 Å². The van der Waals surface area contributed by atoms with Crippen LogP contribution in [0.3, 0.4) is 0 Å². The summed E-state index contributed by atoms with van der Waals surface area (Å²) in [6, 6.07) is 1.95. The maximum absolute atomic E-state index is 12.8. The maximum atomic E-state index is 12.8. The number of hydrogen-bond acceptors (Lipinski definition) is 7. The second kappa shape index (κ2) is 9.87. The van der Waals surface area contributed by atoms with Gasteiger partial charge in [-0.1, -0.05) is 12.7 Å². The van der Waals surface area contributed by atoms with Gasteiger partial charge in [0.2, 0.25) is 5.91 Å². The van der Waals surface area contributed by atoms with Crippen LogP contribution in [0.5, 0.6) is 0 Å². The first-order chi connectivity index (χ1) is 14.1. The van der Waals surface area contributed by atoms with Gasteiger partial charge in [0.25, 0.3) is 5.69 Å². The standard InChI is InChI=1S/C18H19N3O8S/c1-2-5-29-18(26)20-9-10(7-15(22)30)6-14(20)16(23)19-13-4-3-11(21(27)28)8-12(13)17(24)25/h2-4,8,10,14H,1,5-7,9H2,(H,19,23)(H,22,30)(H,24,25)/t10-,14-/m0/s1. The fraction of sp³-hybridized carbons (Fsp3) is 0.333. The molecule has 0 spiro atoms. The van der Waals surface area contributed by atoms with Gasteiger partial charge in [0, 0.05) is 25.1 Å². The molecule has 0 aliphatic carbocycles. The summed E-state index contributed by atoms with van der Waals surface area (Å²) >= 11 is 3.73. The molecule has 11 nitrogen and oxygen atoms in total. The quantitative estimate of drug-likeness (QED) is 0.242. The number of rotatable bonds is 8. The van der Waals surface area contributed by atoms with Gasteiger partial charge in [0.1, 0.15) is 12.6 Å². The predicted octanol–water partition coefficient (Wildman–Crippen LogP) is 2.09. The van der Waals surface area contributed by atoms with Crippen molar-refractivity contribution in [3.05, 3.63) is 46.5 Å². The number of carboxylic acid groups (broad SMARTS) is 1. The number of hydrogen-bond donors (Lipinski definition) is 3. The number of amides is 2. The molecular weight excluding hydrogens is 418 g/mol.